The normalized spacial score (nSPS) is 25.1. The van der Waals surface area contributed by atoms with Crippen molar-refractivity contribution in [2.24, 2.45) is 11.8 Å². The second kappa shape index (κ2) is 7.21. The maximum Gasteiger partial charge on any atom is 0.226 e. The molecule has 0 bridgehead atoms. The van der Waals surface area contributed by atoms with Gasteiger partial charge in [-0.15, -0.1) is 0 Å². The highest BCUT2D eigenvalue weighted by Crippen LogP contribution is 2.37. The van der Waals surface area contributed by atoms with E-state index in [0.29, 0.717) is 12.0 Å². The average molecular weight is 279 g/mol. The Kier molecular flexibility index (Phi) is 5.58. The Labute approximate surface area is 122 Å². The minimum absolute atomic E-state index is 0.492. The lowest BCUT2D eigenvalue weighted by atomic mass is 9.77. The molecule has 0 spiro atoms. The number of aryl methyl sites for hydroxylation is 1. The third-order valence-corrected chi connectivity index (χ3v) is 4.85. The molecule has 20 heavy (non-hydrogen) atoms. The second-order valence-electron chi connectivity index (χ2n) is 6.63. The first-order valence-electron chi connectivity index (χ1n) is 8.10. The predicted molar refractivity (Wildman–Crippen MR) is 80.7 cm³/mol. The number of nitrogens with one attached hydrogen (secondary N) is 1. The van der Waals surface area contributed by atoms with Crippen molar-refractivity contribution in [1.82, 2.24) is 15.5 Å². The van der Waals surface area contributed by atoms with Crippen LogP contribution in [0, 0.1) is 11.8 Å². The van der Waals surface area contributed by atoms with Crippen LogP contribution in [0.5, 0.6) is 0 Å². The lowest BCUT2D eigenvalue weighted by Gasteiger charge is -2.29. The van der Waals surface area contributed by atoms with E-state index in [-0.39, 0.29) is 0 Å². The van der Waals surface area contributed by atoms with Crippen molar-refractivity contribution in [2.75, 3.05) is 7.05 Å². The highest BCUT2D eigenvalue weighted by atomic mass is 16.5. The van der Waals surface area contributed by atoms with E-state index in [4.69, 9.17) is 4.52 Å². The molecule has 1 saturated carbocycles. The van der Waals surface area contributed by atoms with Crippen LogP contribution in [0.1, 0.15) is 70.5 Å². The van der Waals surface area contributed by atoms with Gasteiger partial charge in [0.25, 0.3) is 0 Å². The van der Waals surface area contributed by atoms with Crippen LogP contribution in [-0.2, 0) is 6.42 Å². The van der Waals surface area contributed by atoms with Crippen LogP contribution >= 0.6 is 0 Å². The molecule has 1 atom stereocenters. The summed E-state index contributed by atoms with van der Waals surface area (Å²) in [5.74, 6) is 3.95. The van der Waals surface area contributed by atoms with Crippen LogP contribution in [0.4, 0.5) is 0 Å². The summed E-state index contributed by atoms with van der Waals surface area (Å²) in [5, 5.41) is 7.44. The number of rotatable bonds is 6. The molecular formula is C16H29N3O. The van der Waals surface area contributed by atoms with Crippen molar-refractivity contribution < 1.29 is 4.52 Å². The van der Waals surface area contributed by atoms with Crippen molar-refractivity contribution in [3.8, 4) is 0 Å². The van der Waals surface area contributed by atoms with E-state index in [1.165, 1.54) is 25.7 Å². The minimum atomic E-state index is 0.492. The van der Waals surface area contributed by atoms with Gasteiger partial charge in [-0.1, -0.05) is 19.0 Å². The van der Waals surface area contributed by atoms with Crippen molar-refractivity contribution in [3.05, 3.63) is 11.7 Å². The zero-order valence-corrected chi connectivity index (χ0v) is 13.4. The van der Waals surface area contributed by atoms with Crippen molar-refractivity contribution in [1.29, 1.82) is 0 Å². The zero-order chi connectivity index (χ0) is 14.5. The Morgan fingerprint density at radius 3 is 2.50 bits per heavy atom. The molecule has 1 aromatic rings. The number of hydrogen-bond donors (Lipinski definition) is 1. The molecule has 1 N–H and O–H groups in total. The molecular weight excluding hydrogens is 250 g/mol. The molecule has 4 nitrogen and oxygen atoms in total. The van der Waals surface area contributed by atoms with E-state index < -0.39 is 0 Å². The first-order chi connectivity index (χ1) is 9.60. The number of nitrogens with zero attached hydrogens (tertiary/aromatic N) is 2. The SMILES string of the molecule is CNC(C)CCc1nc(C2CCC(C(C)C)CC2)no1. The van der Waals surface area contributed by atoms with Crippen LogP contribution in [0.3, 0.4) is 0 Å². The van der Waals surface area contributed by atoms with E-state index in [9.17, 15) is 0 Å². The Hall–Kier alpha value is -0.900. The van der Waals surface area contributed by atoms with Crippen LogP contribution in [0.2, 0.25) is 0 Å². The van der Waals surface area contributed by atoms with Crippen molar-refractivity contribution in [3.63, 3.8) is 0 Å². The summed E-state index contributed by atoms with van der Waals surface area (Å²) >= 11 is 0. The number of aromatic nitrogens is 2. The first kappa shape index (κ1) is 15.5. The Morgan fingerprint density at radius 1 is 1.20 bits per heavy atom. The Balaban J connectivity index is 1.84. The molecule has 1 fully saturated rings. The highest BCUT2D eigenvalue weighted by Gasteiger charge is 2.27. The summed E-state index contributed by atoms with van der Waals surface area (Å²) in [4.78, 5) is 4.60. The van der Waals surface area contributed by atoms with E-state index in [1.54, 1.807) is 0 Å². The minimum Gasteiger partial charge on any atom is -0.339 e. The lowest BCUT2D eigenvalue weighted by Crippen LogP contribution is -2.21. The topological polar surface area (TPSA) is 51.0 Å². The average Bonchev–Trinajstić information content (AvgIpc) is 2.93. The molecule has 114 valence electrons. The molecule has 0 aromatic carbocycles. The fourth-order valence-corrected chi connectivity index (χ4v) is 3.06. The van der Waals surface area contributed by atoms with Crippen molar-refractivity contribution in [2.45, 2.75) is 71.3 Å². The van der Waals surface area contributed by atoms with Gasteiger partial charge in [0, 0.05) is 18.4 Å². The quantitative estimate of drug-likeness (QED) is 0.865. The Morgan fingerprint density at radius 2 is 1.90 bits per heavy atom. The maximum absolute atomic E-state index is 5.40. The summed E-state index contributed by atoms with van der Waals surface area (Å²) in [6.45, 7) is 6.84. The van der Waals surface area contributed by atoms with Crippen LogP contribution in [0.25, 0.3) is 0 Å². The van der Waals surface area contributed by atoms with E-state index in [1.807, 2.05) is 7.05 Å². The molecule has 0 saturated heterocycles. The summed E-state index contributed by atoms with van der Waals surface area (Å²) in [6, 6.07) is 0.492. The third kappa shape index (κ3) is 4.05. The van der Waals surface area contributed by atoms with Crippen LogP contribution in [-0.4, -0.2) is 23.2 Å². The molecule has 1 unspecified atom stereocenters. The fraction of sp³-hybridized carbons (Fsp3) is 0.875. The molecule has 1 aliphatic carbocycles. The molecule has 0 aliphatic heterocycles. The van der Waals surface area contributed by atoms with Gasteiger partial charge in [0.05, 0.1) is 0 Å². The Bertz CT molecular complexity index is 394. The van der Waals surface area contributed by atoms with Gasteiger partial charge in [0.1, 0.15) is 0 Å². The van der Waals surface area contributed by atoms with E-state index >= 15 is 0 Å². The van der Waals surface area contributed by atoms with Gasteiger partial charge in [-0.2, -0.15) is 4.98 Å². The van der Waals surface area contributed by atoms with Gasteiger partial charge in [-0.05, 0) is 57.9 Å². The van der Waals surface area contributed by atoms with Gasteiger partial charge in [-0.25, -0.2) is 0 Å². The monoisotopic (exact) mass is 279 g/mol. The fourth-order valence-electron chi connectivity index (χ4n) is 3.06. The molecule has 4 heteroatoms. The maximum atomic E-state index is 5.40. The third-order valence-electron chi connectivity index (χ3n) is 4.85. The summed E-state index contributed by atoms with van der Waals surface area (Å²) in [7, 11) is 1.98. The van der Waals surface area contributed by atoms with Gasteiger partial charge in [-0.3, -0.25) is 0 Å². The van der Waals surface area contributed by atoms with E-state index in [0.717, 1.165) is 36.4 Å². The van der Waals surface area contributed by atoms with Gasteiger partial charge in [0.2, 0.25) is 5.89 Å². The first-order valence-corrected chi connectivity index (χ1v) is 8.10. The van der Waals surface area contributed by atoms with Gasteiger partial charge in [0.15, 0.2) is 5.82 Å². The lowest BCUT2D eigenvalue weighted by molar-refractivity contribution is 0.251. The number of hydrogen-bond acceptors (Lipinski definition) is 4. The van der Waals surface area contributed by atoms with Gasteiger partial charge < -0.3 is 9.84 Å². The molecule has 1 heterocycles. The molecule has 1 aliphatic rings. The largest absolute Gasteiger partial charge is 0.339 e. The molecule has 1 aromatic heterocycles. The molecule has 0 amide bonds. The molecule has 2 rings (SSSR count). The zero-order valence-electron chi connectivity index (χ0n) is 13.4. The second-order valence-corrected chi connectivity index (χ2v) is 6.63. The van der Waals surface area contributed by atoms with Gasteiger partial charge >= 0.3 is 0 Å². The summed E-state index contributed by atoms with van der Waals surface area (Å²) in [6.07, 6.45) is 6.96. The highest BCUT2D eigenvalue weighted by molar-refractivity contribution is 4.98. The molecule has 0 radical (unpaired) electrons. The van der Waals surface area contributed by atoms with Crippen molar-refractivity contribution >= 4 is 0 Å². The predicted octanol–water partition coefficient (Wildman–Crippen LogP) is 3.54. The summed E-state index contributed by atoms with van der Waals surface area (Å²) < 4.78 is 5.40. The summed E-state index contributed by atoms with van der Waals surface area (Å²) in [5.41, 5.74) is 0. The van der Waals surface area contributed by atoms with E-state index in [2.05, 4.69) is 36.2 Å². The standard InChI is InChI=1S/C16H29N3O/c1-11(2)13-6-8-14(9-7-13)16-18-15(20-19-16)10-5-12(3)17-4/h11-14,17H,5-10H2,1-4H3. The van der Waals surface area contributed by atoms with Crippen LogP contribution in [0.15, 0.2) is 4.52 Å². The smallest absolute Gasteiger partial charge is 0.226 e. The van der Waals surface area contributed by atoms with Crippen LogP contribution < -0.4 is 5.32 Å².